The molecule has 1 aromatic carbocycles. The fraction of sp³-hybridized carbons (Fsp3) is 0.211. The van der Waals surface area contributed by atoms with Gasteiger partial charge in [0.1, 0.15) is 10.8 Å². The Bertz CT molecular complexity index is 1160. The number of hydrogen-bond acceptors (Lipinski definition) is 6. The molecule has 27 heavy (non-hydrogen) atoms. The van der Waals surface area contributed by atoms with Crippen LogP contribution < -0.4 is 5.56 Å². The summed E-state index contributed by atoms with van der Waals surface area (Å²) < 4.78 is 2.47. The Morgan fingerprint density at radius 1 is 1.15 bits per heavy atom. The summed E-state index contributed by atoms with van der Waals surface area (Å²) in [6.45, 7) is 0.989. The lowest BCUT2D eigenvalue weighted by Gasteiger charge is -2.15. The summed E-state index contributed by atoms with van der Waals surface area (Å²) in [5, 5.41) is 3.50. The molecule has 0 aliphatic heterocycles. The number of rotatable bonds is 5. The molecule has 0 N–H and O–H groups in total. The molecular weight excluding hydrogens is 400 g/mol. The lowest BCUT2D eigenvalue weighted by Crippen LogP contribution is -2.28. The van der Waals surface area contributed by atoms with Crippen molar-refractivity contribution in [3.05, 3.63) is 67.3 Å². The smallest absolute Gasteiger partial charge is 0.261 e. The topological polar surface area (TPSA) is 51.0 Å². The van der Waals surface area contributed by atoms with Crippen molar-refractivity contribution in [1.82, 2.24) is 19.4 Å². The highest BCUT2D eigenvalue weighted by Gasteiger charge is 2.14. The van der Waals surface area contributed by atoms with Crippen LogP contribution in [0, 0.1) is 0 Å². The van der Waals surface area contributed by atoms with Crippen LogP contribution in [0.1, 0.15) is 10.8 Å². The molecule has 0 bridgehead atoms. The number of fused-ring (bicyclic) bond motifs is 1. The summed E-state index contributed by atoms with van der Waals surface area (Å²) in [4.78, 5) is 25.5. The predicted octanol–water partition coefficient (Wildman–Crippen LogP) is 4.34. The molecule has 0 spiro atoms. The summed E-state index contributed by atoms with van der Waals surface area (Å²) in [5.74, 6) is 0.736. The lowest BCUT2D eigenvalue weighted by molar-refractivity contribution is 0.379. The molecule has 0 aliphatic rings. The largest absolute Gasteiger partial charge is 0.302 e. The van der Waals surface area contributed by atoms with E-state index < -0.39 is 0 Å². The molecule has 4 aromatic rings. The van der Waals surface area contributed by atoms with Crippen molar-refractivity contribution in [3.63, 3.8) is 0 Å². The van der Waals surface area contributed by atoms with Crippen LogP contribution >= 0.6 is 34.3 Å². The molecule has 0 fully saturated rings. The Morgan fingerprint density at radius 2 is 1.96 bits per heavy atom. The Hall–Kier alpha value is -2.06. The SMILES string of the molecule is CN(C)Cc1nc2ccccc2c(=O)n1Cc1nc(-c2ccc(Cl)s2)cs1. The quantitative estimate of drug-likeness (QED) is 0.485. The van der Waals surface area contributed by atoms with Crippen molar-refractivity contribution in [3.8, 4) is 10.6 Å². The van der Waals surface area contributed by atoms with E-state index in [0.717, 1.165) is 31.3 Å². The molecule has 0 amide bonds. The minimum absolute atomic E-state index is 0.0339. The van der Waals surface area contributed by atoms with Crippen molar-refractivity contribution >= 4 is 45.2 Å². The van der Waals surface area contributed by atoms with E-state index in [1.165, 1.54) is 11.3 Å². The highest BCUT2D eigenvalue weighted by molar-refractivity contribution is 7.19. The van der Waals surface area contributed by atoms with Gasteiger partial charge in [-0.1, -0.05) is 23.7 Å². The average Bonchev–Trinajstić information content (AvgIpc) is 3.27. The van der Waals surface area contributed by atoms with Crippen LogP contribution in [0.4, 0.5) is 0 Å². The van der Waals surface area contributed by atoms with Gasteiger partial charge in [-0.15, -0.1) is 22.7 Å². The first-order valence-corrected chi connectivity index (χ1v) is 10.4. The zero-order valence-corrected chi connectivity index (χ0v) is 17.2. The van der Waals surface area contributed by atoms with Crippen LogP contribution in [0.15, 0.2) is 46.6 Å². The second-order valence-corrected chi connectivity index (χ2v) is 9.06. The van der Waals surface area contributed by atoms with Gasteiger partial charge in [0.05, 0.1) is 38.9 Å². The first-order valence-electron chi connectivity index (χ1n) is 8.34. The van der Waals surface area contributed by atoms with E-state index >= 15 is 0 Å². The summed E-state index contributed by atoms with van der Waals surface area (Å²) in [5.41, 5.74) is 1.58. The number of thiophene rings is 1. The van der Waals surface area contributed by atoms with Gasteiger partial charge in [0.2, 0.25) is 0 Å². The molecule has 8 heteroatoms. The van der Waals surface area contributed by atoms with Crippen LogP contribution in [0.25, 0.3) is 21.5 Å². The number of hydrogen-bond donors (Lipinski definition) is 0. The normalized spacial score (nSPS) is 11.6. The standard InChI is InChI=1S/C19H17ClN4OS2/c1-23(2)9-17-21-13-6-4-3-5-12(13)19(25)24(17)10-18-22-14(11-26-18)15-7-8-16(20)27-15/h3-8,11H,9-10H2,1-2H3. The van der Waals surface area contributed by atoms with Gasteiger partial charge in [-0.25, -0.2) is 9.97 Å². The summed E-state index contributed by atoms with van der Waals surface area (Å²) in [7, 11) is 3.93. The third-order valence-electron chi connectivity index (χ3n) is 4.07. The van der Waals surface area contributed by atoms with E-state index in [0.29, 0.717) is 18.5 Å². The van der Waals surface area contributed by atoms with E-state index in [1.54, 1.807) is 15.9 Å². The van der Waals surface area contributed by atoms with Crippen molar-refractivity contribution in [2.24, 2.45) is 0 Å². The number of para-hydroxylation sites is 1. The zero-order chi connectivity index (χ0) is 19.0. The molecule has 3 heterocycles. The van der Waals surface area contributed by atoms with Crippen molar-refractivity contribution in [2.45, 2.75) is 13.1 Å². The monoisotopic (exact) mass is 416 g/mol. The van der Waals surface area contributed by atoms with Crippen molar-refractivity contribution in [2.75, 3.05) is 14.1 Å². The average molecular weight is 417 g/mol. The molecular formula is C19H17ClN4OS2. The van der Waals surface area contributed by atoms with Crippen molar-refractivity contribution < 1.29 is 0 Å². The van der Waals surface area contributed by atoms with Gasteiger partial charge in [0.25, 0.3) is 5.56 Å². The molecule has 0 unspecified atom stereocenters. The maximum absolute atomic E-state index is 13.1. The third kappa shape index (κ3) is 3.82. The molecule has 0 radical (unpaired) electrons. The second kappa shape index (κ2) is 7.52. The van der Waals surface area contributed by atoms with Crippen molar-refractivity contribution in [1.29, 1.82) is 0 Å². The van der Waals surface area contributed by atoms with Crippen LogP contribution in [0.2, 0.25) is 4.34 Å². The van der Waals surface area contributed by atoms with Gasteiger partial charge in [-0.2, -0.15) is 0 Å². The van der Waals surface area contributed by atoms with Gasteiger partial charge in [-0.3, -0.25) is 9.36 Å². The van der Waals surface area contributed by atoms with E-state index in [-0.39, 0.29) is 5.56 Å². The van der Waals surface area contributed by atoms with Crippen LogP contribution in [-0.2, 0) is 13.1 Å². The first kappa shape index (κ1) is 18.3. The molecule has 0 saturated carbocycles. The number of aromatic nitrogens is 3. The van der Waals surface area contributed by atoms with E-state index in [9.17, 15) is 4.79 Å². The second-order valence-electron chi connectivity index (χ2n) is 6.40. The first-order chi connectivity index (χ1) is 13.0. The fourth-order valence-corrected chi connectivity index (χ4v) is 4.72. The van der Waals surface area contributed by atoms with E-state index in [1.807, 2.05) is 60.8 Å². The maximum Gasteiger partial charge on any atom is 0.261 e. The lowest BCUT2D eigenvalue weighted by atomic mass is 10.2. The number of benzene rings is 1. The summed E-state index contributed by atoms with van der Waals surface area (Å²) >= 11 is 9.07. The molecule has 0 atom stereocenters. The number of halogens is 1. The minimum atomic E-state index is -0.0339. The minimum Gasteiger partial charge on any atom is -0.302 e. The molecule has 4 rings (SSSR count). The Morgan fingerprint density at radius 3 is 2.70 bits per heavy atom. The molecule has 0 aliphatic carbocycles. The molecule has 3 aromatic heterocycles. The third-order valence-corrected chi connectivity index (χ3v) is 6.16. The van der Waals surface area contributed by atoms with Gasteiger partial charge < -0.3 is 4.90 Å². The van der Waals surface area contributed by atoms with E-state index in [4.69, 9.17) is 21.6 Å². The van der Waals surface area contributed by atoms with Gasteiger partial charge in [0, 0.05) is 5.38 Å². The van der Waals surface area contributed by atoms with Gasteiger partial charge in [-0.05, 0) is 38.4 Å². The number of thiazole rings is 1. The highest BCUT2D eigenvalue weighted by atomic mass is 35.5. The summed E-state index contributed by atoms with van der Waals surface area (Å²) in [6, 6.07) is 11.3. The van der Waals surface area contributed by atoms with E-state index in [2.05, 4.69) is 0 Å². The van der Waals surface area contributed by atoms with Crippen LogP contribution in [-0.4, -0.2) is 33.5 Å². The molecule has 138 valence electrons. The Labute approximate surface area is 169 Å². The van der Waals surface area contributed by atoms with Gasteiger partial charge >= 0.3 is 0 Å². The predicted molar refractivity (Wildman–Crippen MR) is 113 cm³/mol. The molecule has 5 nitrogen and oxygen atoms in total. The van der Waals surface area contributed by atoms with Crippen LogP contribution in [0.5, 0.6) is 0 Å². The fourth-order valence-electron chi connectivity index (χ4n) is 2.86. The maximum atomic E-state index is 13.1. The Balaban J connectivity index is 1.75. The zero-order valence-electron chi connectivity index (χ0n) is 14.8. The summed E-state index contributed by atoms with van der Waals surface area (Å²) in [6.07, 6.45) is 0. The van der Waals surface area contributed by atoms with Gasteiger partial charge in [0.15, 0.2) is 0 Å². The molecule has 0 saturated heterocycles. The van der Waals surface area contributed by atoms with Crippen LogP contribution in [0.3, 0.4) is 0 Å². The Kier molecular flexibility index (Phi) is 5.10. The number of nitrogens with zero attached hydrogens (tertiary/aromatic N) is 4. The highest BCUT2D eigenvalue weighted by Crippen LogP contribution is 2.31.